The molecule has 100 valence electrons. The predicted molar refractivity (Wildman–Crippen MR) is 74.2 cm³/mol. The van der Waals surface area contributed by atoms with Crippen molar-refractivity contribution in [1.29, 1.82) is 0 Å². The zero-order valence-electron chi connectivity index (χ0n) is 11.3. The Bertz CT molecular complexity index is 409. The number of hydrogen-bond acceptors (Lipinski definition) is 4. The van der Waals surface area contributed by atoms with Gasteiger partial charge in [0.15, 0.2) is 0 Å². The molecule has 18 heavy (non-hydrogen) atoms. The van der Waals surface area contributed by atoms with E-state index in [-0.39, 0.29) is 6.10 Å². The molecule has 0 aromatic heterocycles. The van der Waals surface area contributed by atoms with Crippen LogP contribution in [-0.2, 0) is 4.74 Å². The van der Waals surface area contributed by atoms with Gasteiger partial charge in [-0.15, -0.1) is 0 Å². The van der Waals surface area contributed by atoms with E-state index >= 15 is 0 Å². The molecule has 0 radical (unpaired) electrons. The molecule has 4 heteroatoms. The van der Waals surface area contributed by atoms with E-state index in [1.165, 1.54) is 0 Å². The van der Waals surface area contributed by atoms with Crippen LogP contribution in [0.25, 0.3) is 0 Å². The Kier molecular flexibility index (Phi) is 3.97. The van der Waals surface area contributed by atoms with Gasteiger partial charge in [-0.3, -0.25) is 0 Å². The van der Waals surface area contributed by atoms with Gasteiger partial charge >= 0.3 is 0 Å². The van der Waals surface area contributed by atoms with Crippen molar-refractivity contribution in [3.63, 3.8) is 0 Å². The van der Waals surface area contributed by atoms with Crippen LogP contribution in [0, 0.1) is 5.92 Å². The van der Waals surface area contributed by atoms with E-state index in [9.17, 15) is 0 Å². The topological polar surface area (TPSA) is 47.7 Å². The van der Waals surface area contributed by atoms with Gasteiger partial charge in [0.25, 0.3) is 0 Å². The highest BCUT2D eigenvalue weighted by atomic mass is 16.5. The van der Waals surface area contributed by atoms with Crippen molar-refractivity contribution in [3.05, 3.63) is 18.2 Å². The summed E-state index contributed by atoms with van der Waals surface area (Å²) in [7, 11) is 3.43. The number of rotatable bonds is 3. The Morgan fingerprint density at radius 3 is 2.72 bits per heavy atom. The SMILES string of the molecule is COc1ccc(N2CCC(C)C(OC)C2)c(N)c1. The third-order valence-electron chi connectivity index (χ3n) is 3.77. The Hall–Kier alpha value is -1.42. The summed E-state index contributed by atoms with van der Waals surface area (Å²) in [5.74, 6) is 1.40. The summed E-state index contributed by atoms with van der Waals surface area (Å²) < 4.78 is 10.7. The van der Waals surface area contributed by atoms with Crippen LogP contribution in [0.1, 0.15) is 13.3 Å². The first-order valence-corrected chi connectivity index (χ1v) is 6.37. The van der Waals surface area contributed by atoms with Crippen LogP contribution < -0.4 is 15.4 Å². The van der Waals surface area contributed by atoms with E-state index in [2.05, 4.69) is 11.8 Å². The fourth-order valence-corrected chi connectivity index (χ4v) is 2.51. The number of methoxy groups -OCH3 is 2. The Morgan fingerprint density at radius 2 is 2.11 bits per heavy atom. The largest absolute Gasteiger partial charge is 0.497 e. The zero-order valence-corrected chi connectivity index (χ0v) is 11.3. The van der Waals surface area contributed by atoms with Crippen LogP contribution in [0.2, 0.25) is 0 Å². The molecule has 0 bridgehead atoms. The van der Waals surface area contributed by atoms with Gasteiger partial charge in [0, 0.05) is 26.3 Å². The molecule has 2 rings (SSSR count). The molecular formula is C14H22N2O2. The number of nitrogens with two attached hydrogens (primary N) is 1. The quantitative estimate of drug-likeness (QED) is 0.835. The molecule has 0 aliphatic carbocycles. The van der Waals surface area contributed by atoms with Gasteiger partial charge < -0.3 is 20.1 Å². The molecule has 1 aromatic carbocycles. The normalized spacial score (nSPS) is 24.1. The lowest BCUT2D eigenvalue weighted by molar-refractivity contribution is 0.0499. The molecule has 2 atom stereocenters. The molecule has 1 aliphatic rings. The molecule has 1 aliphatic heterocycles. The van der Waals surface area contributed by atoms with E-state index in [0.717, 1.165) is 36.6 Å². The highest BCUT2D eigenvalue weighted by Gasteiger charge is 2.26. The van der Waals surface area contributed by atoms with Gasteiger partial charge in [-0.05, 0) is 24.5 Å². The van der Waals surface area contributed by atoms with Crippen LogP contribution in [0.3, 0.4) is 0 Å². The Balaban J connectivity index is 2.16. The molecule has 2 N–H and O–H groups in total. The lowest BCUT2D eigenvalue weighted by atomic mass is 9.95. The molecule has 0 saturated carbocycles. The van der Waals surface area contributed by atoms with Crippen LogP contribution in [0.4, 0.5) is 11.4 Å². The second kappa shape index (κ2) is 5.48. The smallest absolute Gasteiger partial charge is 0.121 e. The molecule has 1 saturated heterocycles. The first kappa shape index (κ1) is 13.0. The summed E-state index contributed by atoms with van der Waals surface area (Å²) >= 11 is 0. The monoisotopic (exact) mass is 250 g/mol. The Labute approximate surface area is 109 Å². The minimum absolute atomic E-state index is 0.278. The number of hydrogen-bond donors (Lipinski definition) is 1. The maximum Gasteiger partial charge on any atom is 0.121 e. The maximum absolute atomic E-state index is 6.09. The second-order valence-electron chi connectivity index (χ2n) is 4.91. The molecule has 1 aromatic rings. The lowest BCUT2D eigenvalue weighted by Gasteiger charge is -2.38. The van der Waals surface area contributed by atoms with Crippen molar-refractivity contribution in [3.8, 4) is 5.75 Å². The number of nitrogen functional groups attached to an aromatic ring is 1. The number of nitrogens with zero attached hydrogens (tertiary/aromatic N) is 1. The summed E-state index contributed by atoms with van der Waals surface area (Å²) in [6, 6.07) is 5.84. The average molecular weight is 250 g/mol. The summed E-state index contributed by atoms with van der Waals surface area (Å²) in [5.41, 5.74) is 7.92. The summed E-state index contributed by atoms with van der Waals surface area (Å²) in [6.07, 6.45) is 1.41. The van der Waals surface area contributed by atoms with Gasteiger partial charge in [0.1, 0.15) is 5.75 Å². The second-order valence-corrected chi connectivity index (χ2v) is 4.91. The fraction of sp³-hybridized carbons (Fsp3) is 0.571. The number of benzene rings is 1. The van der Waals surface area contributed by atoms with Gasteiger partial charge in [0.05, 0.1) is 24.6 Å². The first-order valence-electron chi connectivity index (χ1n) is 6.37. The third-order valence-corrected chi connectivity index (χ3v) is 3.77. The van der Waals surface area contributed by atoms with Crippen LogP contribution in [0.15, 0.2) is 18.2 Å². The number of piperidine rings is 1. The van der Waals surface area contributed by atoms with Crippen molar-refractivity contribution < 1.29 is 9.47 Å². The molecular weight excluding hydrogens is 228 g/mol. The van der Waals surface area contributed by atoms with E-state index in [0.29, 0.717) is 5.92 Å². The molecule has 1 heterocycles. The van der Waals surface area contributed by atoms with Crippen LogP contribution in [0.5, 0.6) is 5.75 Å². The Morgan fingerprint density at radius 1 is 1.33 bits per heavy atom. The van der Waals surface area contributed by atoms with Crippen molar-refractivity contribution >= 4 is 11.4 Å². The van der Waals surface area contributed by atoms with Gasteiger partial charge in [-0.2, -0.15) is 0 Å². The first-order chi connectivity index (χ1) is 8.65. The number of anilines is 2. The van der Waals surface area contributed by atoms with Crippen molar-refractivity contribution in [1.82, 2.24) is 0 Å². The maximum atomic E-state index is 6.09. The van der Waals surface area contributed by atoms with Crippen molar-refractivity contribution in [2.45, 2.75) is 19.4 Å². The van der Waals surface area contributed by atoms with Gasteiger partial charge in [0.2, 0.25) is 0 Å². The summed E-state index contributed by atoms with van der Waals surface area (Å²) in [6.45, 7) is 4.16. The molecule has 2 unspecified atom stereocenters. The zero-order chi connectivity index (χ0) is 13.1. The minimum Gasteiger partial charge on any atom is -0.497 e. The molecule has 0 spiro atoms. The summed E-state index contributed by atoms with van der Waals surface area (Å²) in [4.78, 5) is 2.29. The van der Waals surface area contributed by atoms with Crippen LogP contribution in [-0.4, -0.2) is 33.4 Å². The van der Waals surface area contributed by atoms with E-state index < -0.39 is 0 Å². The van der Waals surface area contributed by atoms with E-state index in [1.807, 2.05) is 18.2 Å². The highest BCUT2D eigenvalue weighted by Crippen LogP contribution is 2.31. The van der Waals surface area contributed by atoms with Crippen molar-refractivity contribution in [2.75, 3.05) is 37.9 Å². The van der Waals surface area contributed by atoms with Gasteiger partial charge in [-0.25, -0.2) is 0 Å². The third kappa shape index (κ3) is 2.53. The van der Waals surface area contributed by atoms with E-state index in [1.54, 1.807) is 14.2 Å². The molecule has 1 fully saturated rings. The number of ether oxygens (including phenoxy) is 2. The predicted octanol–water partition coefficient (Wildman–Crippen LogP) is 2.14. The van der Waals surface area contributed by atoms with Gasteiger partial charge in [-0.1, -0.05) is 6.92 Å². The van der Waals surface area contributed by atoms with E-state index in [4.69, 9.17) is 15.2 Å². The van der Waals surface area contributed by atoms with Crippen LogP contribution >= 0.6 is 0 Å². The average Bonchev–Trinajstić information content (AvgIpc) is 2.39. The van der Waals surface area contributed by atoms with Crippen molar-refractivity contribution in [2.24, 2.45) is 5.92 Å². The minimum atomic E-state index is 0.278. The summed E-state index contributed by atoms with van der Waals surface area (Å²) in [5, 5.41) is 0. The molecule has 4 nitrogen and oxygen atoms in total. The highest BCUT2D eigenvalue weighted by molar-refractivity contribution is 5.69. The molecule has 0 amide bonds. The fourth-order valence-electron chi connectivity index (χ4n) is 2.51. The lowest BCUT2D eigenvalue weighted by Crippen LogP contribution is -2.44. The standard InChI is InChI=1S/C14H22N2O2/c1-10-6-7-16(9-14(10)18-3)13-5-4-11(17-2)8-12(13)15/h4-5,8,10,14H,6-7,9,15H2,1-3H3.